The first-order chi connectivity index (χ1) is 19.7. The van der Waals surface area contributed by atoms with Gasteiger partial charge in [-0.3, -0.25) is 4.79 Å². The van der Waals surface area contributed by atoms with Gasteiger partial charge in [0.25, 0.3) is 0 Å². The van der Waals surface area contributed by atoms with Crippen LogP contribution < -0.4 is 0 Å². The van der Waals surface area contributed by atoms with Gasteiger partial charge >= 0.3 is 11.9 Å². The summed E-state index contributed by atoms with van der Waals surface area (Å²) >= 11 is 1.94. The van der Waals surface area contributed by atoms with Crippen LogP contribution in [0, 0.1) is 5.82 Å². The molecule has 2 aliphatic rings. The van der Waals surface area contributed by atoms with Crippen molar-refractivity contribution in [3.05, 3.63) is 62.7 Å². The largest absolute Gasteiger partial charge is 0.478 e. The molecular formula is C30H36FN3O6S. The molecule has 0 radical (unpaired) electrons. The van der Waals surface area contributed by atoms with Crippen molar-refractivity contribution in [3.63, 3.8) is 0 Å². The summed E-state index contributed by atoms with van der Waals surface area (Å²) in [5.74, 6) is -2.25. The lowest BCUT2D eigenvalue weighted by molar-refractivity contribution is -0.134. The van der Waals surface area contributed by atoms with Crippen molar-refractivity contribution < 1.29 is 33.5 Å². The second-order valence-electron chi connectivity index (χ2n) is 10.4. The minimum atomic E-state index is -1.26. The van der Waals surface area contributed by atoms with Crippen LogP contribution in [0.25, 0.3) is 11.0 Å². The Hall–Kier alpha value is -3.57. The van der Waals surface area contributed by atoms with Crippen LogP contribution in [-0.4, -0.2) is 69.2 Å². The molecule has 2 aliphatic heterocycles. The molecule has 1 amide bonds. The van der Waals surface area contributed by atoms with Gasteiger partial charge in [-0.2, -0.15) is 0 Å². The predicted molar refractivity (Wildman–Crippen MR) is 154 cm³/mol. The Bertz CT molecular complexity index is 1410. The van der Waals surface area contributed by atoms with Gasteiger partial charge in [0.1, 0.15) is 5.82 Å². The molecule has 41 heavy (non-hydrogen) atoms. The fraction of sp³-hybridized carbons (Fsp3) is 0.467. The van der Waals surface area contributed by atoms with Gasteiger partial charge < -0.3 is 24.5 Å². The maximum atomic E-state index is 13.5. The van der Waals surface area contributed by atoms with E-state index in [4.69, 9.17) is 14.7 Å². The van der Waals surface area contributed by atoms with Gasteiger partial charge in [-0.25, -0.2) is 14.0 Å². The highest BCUT2D eigenvalue weighted by molar-refractivity contribution is 7.12. The molecule has 3 aromatic rings. The van der Waals surface area contributed by atoms with Crippen molar-refractivity contribution >= 4 is 40.2 Å². The summed E-state index contributed by atoms with van der Waals surface area (Å²) in [4.78, 5) is 38.4. The smallest absolute Gasteiger partial charge is 0.328 e. The van der Waals surface area contributed by atoms with Gasteiger partial charge in [0.2, 0.25) is 5.91 Å². The molecule has 0 spiro atoms. The molecule has 9 nitrogen and oxygen atoms in total. The van der Waals surface area contributed by atoms with E-state index < -0.39 is 11.9 Å². The van der Waals surface area contributed by atoms with E-state index in [1.54, 1.807) is 18.6 Å². The minimum absolute atomic E-state index is 0.181. The quantitative estimate of drug-likeness (QED) is 0.353. The van der Waals surface area contributed by atoms with Crippen LogP contribution in [0.15, 0.2) is 34.9 Å². The van der Waals surface area contributed by atoms with E-state index >= 15 is 0 Å². The number of hydrogen-bond donors (Lipinski definition) is 2. The molecule has 2 aromatic heterocycles. The zero-order valence-corrected chi connectivity index (χ0v) is 24.2. The first-order valence-electron chi connectivity index (χ1n) is 13.9. The molecule has 1 saturated heterocycles. The van der Waals surface area contributed by atoms with Gasteiger partial charge in [-0.15, -0.1) is 11.3 Å². The Labute approximate surface area is 242 Å². The van der Waals surface area contributed by atoms with Gasteiger partial charge in [-0.1, -0.05) is 18.5 Å². The lowest BCUT2D eigenvalue weighted by atomic mass is 9.91. The highest BCUT2D eigenvalue weighted by Crippen LogP contribution is 2.36. The number of rotatable bonds is 8. The van der Waals surface area contributed by atoms with Crippen molar-refractivity contribution in [2.75, 3.05) is 26.2 Å². The molecule has 5 rings (SSSR count). The Kier molecular flexibility index (Phi) is 10.3. The third kappa shape index (κ3) is 7.80. The van der Waals surface area contributed by atoms with E-state index in [9.17, 15) is 18.8 Å². The minimum Gasteiger partial charge on any atom is -0.478 e. The first-order valence-corrected chi connectivity index (χ1v) is 14.8. The Balaban J connectivity index is 0.000000426. The Morgan fingerprint density at radius 1 is 1.12 bits per heavy atom. The summed E-state index contributed by atoms with van der Waals surface area (Å²) in [5.41, 5.74) is 4.62. The van der Waals surface area contributed by atoms with Crippen LogP contribution in [0.4, 0.5) is 4.39 Å². The molecule has 4 heterocycles. The highest BCUT2D eigenvalue weighted by atomic mass is 32.1. The molecule has 0 bridgehead atoms. The van der Waals surface area contributed by atoms with Gasteiger partial charge in [0.15, 0.2) is 5.58 Å². The molecule has 220 valence electrons. The number of likely N-dealkylation sites (tertiary alicyclic amines) is 1. The molecule has 11 heteroatoms. The number of carbonyl (C=O) groups excluding carboxylic acids is 1. The summed E-state index contributed by atoms with van der Waals surface area (Å²) in [7, 11) is 0. The number of benzene rings is 1. The van der Waals surface area contributed by atoms with Crippen LogP contribution in [0.3, 0.4) is 0 Å². The molecule has 0 atom stereocenters. The fourth-order valence-electron chi connectivity index (χ4n) is 5.59. The predicted octanol–water partition coefficient (Wildman–Crippen LogP) is 5.02. The first kappa shape index (κ1) is 30.4. The Morgan fingerprint density at radius 3 is 2.46 bits per heavy atom. The maximum absolute atomic E-state index is 13.5. The van der Waals surface area contributed by atoms with Crippen LogP contribution >= 0.6 is 11.3 Å². The molecule has 1 fully saturated rings. The van der Waals surface area contributed by atoms with Crippen LogP contribution in [0.1, 0.15) is 65.6 Å². The van der Waals surface area contributed by atoms with Crippen molar-refractivity contribution in [1.82, 2.24) is 15.0 Å². The van der Waals surface area contributed by atoms with E-state index in [0.717, 1.165) is 82.3 Å². The number of carbonyl (C=O) groups is 3. The van der Waals surface area contributed by atoms with Gasteiger partial charge in [-0.05, 0) is 68.5 Å². The second kappa shape index (κ2) is 13.9. The van der Waals surface area contributed by atoms with E-state index in [1.165, 1.54) is 27.5 Å². The standard InChI is InChI=1S/C26H32FN3O2S.C4H4O4/c1-3-4-20-21-9-14-30(17(2)31)16-25(21)33-24(20)10-13-29-11-7-18(8-12-29)26-22-6-5-19(27)15-23(22)32-28-26;5-3(6)1-2-4(7)8/h5-6,15,18H,3-4,7-14,16H2,1-2H3;1-2H,(H,5,6)(H,7,8)/b;2-1+. The van der Waals surface area contributed by atoms with Crippen LogP contribution in [0.2, 0.25) is 0 Å². The molecule has 0 saturated carbocycles. The second-order valence-corrected chi connectivity index (χ2v) is 11.6. The monoisotopic (exact) mass is 585 g/mol. The average Bonchev–Trinajstić information content (AvgIpc) is 3.52. The number of halogens is 1. The number of aromatic nitrogens is 1. The number of carboxylic acid groups (broad SMARTS) is 2. The lowest BCUT2D eigenvalue weighted by Gasteiger charge is -2.31. The maximum Gasteiger partial charge on any atom is 0.328 e. The number of nitrogens with zero attached hydrogens (tertiary/aromatic N) is 3. The Morgan fingerprint density at radius 2 is 1.83 bits per heavy atom. The molecule has 0 unspecified atom stereocenters. The topological polar surface area (TPSA) is 124 Å². The normalized spacial score (nSPS) is 16.0. The van der Waals surface area contributed by atoms with E-state index in [1.807, 2.05) is 16.2 Å². The van der Waals surface area contributed by atoms with E-state index in [2.05, 4.69) is 17.0 Å². The van der Waals surface area contributed by atoms with Crippen molar-refractivity contribution in [2.24, 2.45) is 0 Å². The summed E-state index contributed by atoms with van der Waals surface area (Å²) < 4.78 is 18.8. The summed E-state index contributed by atoms with van der Waals surface area (Å²) in [6.07, 6.45) is 7.61. The average molecular weight is 586 g/mol. The number of aliphatic carboxylic acids is 2. The van der Waals surface area contributed by atoms with Crippen molar-refractivity contribution in [2.45, 2.75) is 64.8 Å². The highest BCUT2D eigenvalue weighted by Gasteiger charge is 2.27. The van der Waals surface area contributed by atoms with Crippen molar-refractivity contribution in [1.29, 1.82) is 0 Å². The van der Waals surface area contributed by atoms with Crippen LogP contribution in [-0.2, 0) is 40.2 Å². The van der Waals surface area contributed by atoms with Gasteiger partial charge in [0.05, 0.1) is 12.2 Å². The molecule has 2 N–H and O–H groups in total. The van der Waals surface area contributed by atoms with Crippen molar-refractivity contribution in [3.8, 4) is 0 Å². The number of hydrogen-bond acceptors (Lipinski definition) is 7. The van der Waals surface area contributed by atoms with E-state index in [0.29, 0.717) is 23.7 Å². The van der Waals surface area contributed by atoms with Gasteiger partial charge in [0, 0.05) is 59.3 Å². The zero-order chi connectivity index (χ0) is 29.5. The molecule has 0 aliphatic carbocycles. The summed E-state index contributed by atoms with van der Waals surface area (Å²) in [6.45, 7) is 8.74. The SMILES string of the molecule is CCCc1c(CCN2CCC(c3noc4cc(F)ccc34)CC2)sc2c1CCN(C(C)=O)C2.O=C(O)/C=C/C(=O)O. The fourth-order valence-corrected chi connectivity index (χ4v) is 7.00. The number of carboxylic acids is 2. The number of piperidine rings is 1. The van der Waals surface area contributed by atoms with Crippen LogP contribution in [0.5, 0.6) is 0 Å². The lowest BCUT2D eigenvalue weighted by Crippen LogP contribution is -2.34. The summed E-state index contributed by atoms with van der Waals surface area (Å²) in [6, 6.07) is 4.71. The molecular weight excluding hydrogens is 549 g/mol. The third-order valence-corrected chi connectivity index (χ3v) is 8.97. The zero-order valence-electron chi connectivity index (χ0n) is 23.4. The third-order valence-electron chi connectivity index (χ3n) is 7.66. The number of fused-ring (bicyclic) bond motifs is 2. The van der Waals surface area contributed by atoms with E-state index in [-0.39, 0.29) is 11.7 Å². The number of thiophene rings is 1. The number of amides is 1. The summed E-state index contributed by atoms with van der Waals surface area (Å²) in [5, 5.41) is 20.9. The molecule has 1 aromatic carbocycles.